The lowest BCUT2D eigenvalue weighted by Crippen LogP contribution is -2.13. The summed E-state index contributed by atoms with van der Waals surface area (Å²) in [5.74, 6) is -0.00607. The Hall–Kier alpha value is -1.15. The van der Waals surface area contributed by atoms with Gasteiger partial charge in [-0.3, -0.25) is 0 Å². The molecule has 0 saturated heterocycles. The first-order valence-electron chi connectivity index (χ1n) is 6.95. The zero-order valence-corrected chi connectivity index (χ0v) is 15.0. The molecule has 2 aromatic rings. The molecule has 0 unspecified atom stereocenters. The van der Waals surface area contributed by atoms with Crippen LogP contribution >= 0.6 is 23.2 Å². The van der Waals surface area contributed by atoms with Crippen LogP contribution in [0.5, 0.6) is 0 Å². The third kappa shape index (κ3) is 4.44. The summed E-state index contributed by atoms with van der Waals surface area (Å²) in [6.07, 6.45) is 0.609. The lowest BCUT2D eigenvalue weighted by atomic mass is 10.1. The lowest BCUT2D eigenvalue weighted by molar-refractivity contribution is 0.352. The summed E-state index contributed by atoms with van der Waals surface area (Å²) < 4.78 is 30.1. The number of hydrogen-bond donors (Lipinski definition) is 1. The first kappa shape index (κ1) is 18.2. The minimum atomic E-state index is -3.86. The van der Waals surface area contributed by atoms with Gasteiger partial charge < -0.3 is 10.2 Å². The Bertz CT molecular complexity index is 770. The number of hydrogen-bond acceptors (Lipinski definition) is 6. The van der Waals surface area contributed by atoms with Crippen molar-refractivity contribution in [1.82, 2.24) is 10.2 Å². The van der Waals surface area contributed by atoms with Crippen LogP contribution in [-0.2, 0) is 15.6 Å². The molecule has 1 atom stereocenters. The summed E-state index contributed by atoms with van der Waals surface area (Å²) in [4.78, 5) is 0. The van der Waals surface area contributed by atoms with Crippen molar-refractivity contribution in [3.63, 3.8) is 0 Å². The molecule has 2 rings (SSSR count). The zero-order valence-electron chi connectivity index (χ0n) is 12.7. The van der Waals surface area contributed by atoms with Gasteiger partial charge in [0.25, 0.3) is 0 Å². The highest BCUT2D eigenvalue weighted by Gasteiger charge is 2.27. The second kappa shape index (κ2) is 7.17. The van der Waals surface area contributed by atoms with Gasteiger partial charge in [-0.2, -0.15) is 0 Å². The molecule has 126 valence electrons. The molecule has 0 aliphatic carbocycles. The highest BCUT2D eigenvalue weighted by atomic mass is 35.5. The van der Waals surface area contributed by atoms with Crippen LogP contribution in [0.2, 0.25) is 10.0 Å². The average molecular weight is 378 g/mol. The van der Waals surface area contributed by atoms with E-state index in [4.69, 9.17) is 33.4 Å². The number of rotatable bonds is 6. The topological polar surface area (TPSA) is 99.1 Å². The van der Waals surface area contributed by atoms with E-state index in [0.717, 1.165) is 0 Å². The van der Waals surface area contributed by atoms with Crippen molar-refractivity contribution in [3.8, 4) is 0 Å². The molecule has 0 aliphatic heterocycles. The number of sulfone groups is 1. The SMILES string of the molecule is CC(C)C[C@H](N)c1nnc(S(=O)(=O)Cc2c(Cl)cccc2Cl)o1. The van der Waals surface area contributed by atoms with Gasteiger partial charge in [0, 0.05) is 15.6 Å². The molecule has 1 aromatic heterocycles. The summed E-state index contributed by atoms with van der Waals surface area (Å²) in [5.41, 5.74) is 6.21. The van der Waals surface area contributed by atoms with Crippen molar-refractivity contribution >= 4 is 33.0 Å². The van der Waals surface area contributed by atoms with Gasteiger partial charge in [0.15, 0.2) is 0 Å². The predicted octanol–water partition coefficient (Wildman–Crippen LogP) is 3.40. The number of halogens is 2. The third-order valence-corrected chi connectivity index (χ3v) is 5.20. The normalized spacial score (nSPS) is 13.5. The van der Waals surface area contributed by atoms with E-state index >= 15 is 0 Å². The summed E-state index contributed by atoms with van der Waals surface area (Å²) in [7, 11) is -3.86. The van der Waals surface area contributed by atoms with Crippen molar-refractivity contribution in [3.05, 3.63) is 39.7 Å². The molecule has 0 saturated carbocycles. The predicted molar refractivity (Wildman–Crippen MR) is 88.0 cm³/mol. The van der Waals surface area contributed by atoms with Gasteiger partial charge in [-0.1, -0.05) is 48.2 Å². The molecule has 0 spiro atoms. The molecule has 9 heteroatoms. The minimum Gasteiger partial charge on any atom is -0.411 e. The van der Waals surface area contributed by atoms with Crippen LogP contribution in [0.1, 0.15) is 37.8 Å². The van der Waals surface area contributed by atoms with E-state index in [-0.39, 0.29) is 15.9 Å². The summed E-state index contributed by atoms with van der Waals surface area (Å²) in [6, 6.07) is 4.26. The van der Waals surface area contributed by atoms with E-state index < -0.39 is 26.9 Å². The molecule has 1 aromatic carbocycles. The van der Waals surface area contributed by atoms with Crippen LogP contribution in [-0.4, -0.2) is 18.6 Å². The molecular formula is C14H17Cl2N3O3S. The fraction of sp³-hybridized carbons (Fsp3) is 0.429. The van der Waals surface area contributed by atoms with E-state index in [0.29, 0.717) is 17.9 Å². The zero-order chi connectivity index (χ0) is 17.2. The summed E-state index contributed by atoms with van der Waals surface area (Å²) in [6.45, 7) is 3.99. The van der Waals surface area contributed by atoms with E-state index in [9.17, 15) is 8.42 Å². The smallest absolute Gasteiger partial charge is 0.335 e. The van der Waals surface area contributed by atoms with Gasteiger partial charge >= 0.3 is 5.22 Å². The molecule has 0 amide bonds. The molecule has 0 aliphatic rings. The highest BCUT2D eigenvalue weighted by molar-refractivity contribution is 7.90. The van der Waals surface area contributed by atoms with Gasteiger partial charge in [0.05, 0.1) is 11.8 Å². The Morgan fingerprint density at radius 1 is 1.22 bits per heavy atom. The second-order valence-electron chi connectivity index (χ2n) is 5.60. The molecule has 0 fully saturated rings. The first-order chi connectivity index (χ1) is 10.7. The second-order valence-corrected chi connectivity index (χ2v) is 8.28. The number of aromatic nitrogens is 2. The quantitative estimate of drug-likeness (QED) is 0.827. The molecule has 6 nitrogen and oxygen atoms in total. The first-order valence-corrected chi connectivity index (χ1v) is 9.36. The van der Waals surface area contributed by atoms with Gasteiger partial charge in [-0.25, -0.2) is 8.42 Å². The van der Waals surface area contributed by atoms with Gasteiger partial charge in [-0.05, 0) is 24.5 Å². The number of benzene rings is 1. The lowest BCUT2D eigenvalue weighted by Gasteiger charge is -2.09. The third-order valence-electron chi connectivity index (χ3n) is 3.13. The van der Waals surface area contributed by atoms with E-state index in [1.54, 1.807) is 18.2 Å². The maximum absolute atomic E-state index is 12.4. The Labute approximate surface area is 144 Å². The van der Waals surface area contributed by atoms with Crippen molar-refractivity contribution in [2.24, 2.45) is 11.7 Å². The van der Waals surface area contributed by atoms with Crippen LogP contribution in [0.25, 0.3) is 0 Å². The monoisotopic (exact) mass is 377 g/mol. The Morgan fingerprint density at radius 3 is 2.39 bits per heavy atom. The van der Waals surface area contributed by atoms with E-state index in [1.165, 1.54) is 0 Å². The number of nitrogens with two attached hydrogens (primary N) is 1. The van der Waals surface area contributed by atoms with Crippen LogP contribution in [0.4, 0.5) is 0 Å². The fourth-order valence-electron chi connectivity index (χ4n) is 2.03. The molecular weight excluding hydrogens is 361 g/mol. The van der Waals surface area contributed by atoms with E-state index in [2.05, 4.69) is 10.2 Å². The molecule has 2 N–H and O–H groups in total. The summed E-state index contributed by atoms with van der Waals surface area (Å²) >= 11 is 12.0. The number of nitrogens with zero attached hydrogens (tertiary/aromatic N) is 2. The van der Waals surface area contributed by atoms with Gasteiger partial charge in [0.1, 0.15) is 0 Å². The maximum Gasteiger partial charge on any atom is 0.335 e. The largest absolute Gasteiger partial charge is 0.411 e. The standard InChI is InChI=1S/C14H17Cl2N3O3S/c1-8(2)6-12(17)13-18-19-14(22-13)23(20,21)7-9-10(15)4-3-5-11(9)16/h3-5,8,12H,6-7,17H2,1-2H3/t12-/m0/s1. The Morgan fingerprint density at radius 2 is 1.83 bits per heavy atom. The fourth-order valence-corrected chi connectivity index (χ4v) is 3.91. The average Bonchev–Trinajstić information content (AvgIpc) is 2.93. The molecule has 23 heavy (non-hydrogen) atoms. The van der Waals surface area contributed by atoms with Crippen molar-refractivity contribution in [1.29, 1.82) is 0 Å². The maximum atomic E-state index is 12.4. The Balaban J connectivity index is 2.26. The highest BCUT2D eigenvalue weighted by Crippen LogP contribution is 2.28. The van der Waals surface area contributed by atoms with Crippen LogP contribution in [0.3, 0.4) is 0 Å². The summed E-state index contributed by atoms with van der Waals surface area (Å²) in [5, 5.41) is 7.38. The molecule has 0 bridgehead atoms. The van der Waals surface area contributed by atoms with Crippen molar-refractivity contribution < 1.29 is 12.8 Å². The molecule has 1 heterocycles. The van der Waals surface area contributed by atoms with E-state index in [1.807, 2.05) is 13.8 Å². The molecule has 0 radical (unpaired) electrons. The van der Waals surface area contributed by atoms with Gasteiger partial charge in [-0.15, -0.1) is 5.10 Å². The van der Waals surface area contributed by atoms with Crippen LogP contribution < -0.4 is 5.73 Å². The van der Waals surface area contributed by atoms with Crippen LogP contribution in [0.15, 0.2) is 27.8 Å². The van der Waals surface area contributed by atoms with Gasteiger partial charge in [0.2, 0.25) is 15.7 Å². The van der Waals surface area contributed by atoms with Crippen molar-refractivity contribution in [2.45, 2.75) is 37.3 Å². The van der Waals surface area contributed by atoms with Crippen LogP contribution in [0, 0.1) is 5.92 Å². The Kier molecular flexibility index (Phi) is 5.67. The van der Waals surface area contributed by atoms with Crippen molar-refractivity contribution in [2.75, 3.05) is 0 Å². The minimum absolute atomic E-state index is 0.0996.